The van der Waals surface area contributed by atoms with E-state index in [1.54, 1.807) is 6.08 Å². The highest BCUT2D eigenvalue weighted by Crippen LogP contribution is 2.67. The zero-order valence-electron chi connectivity index (χ0n) is 19.0. The van der Waals surface area contributed by atoms with Crippen molar-refractivity contribution in [2.24, 2.45) is 28.6 Å². The van der Waals surface area contributed by atoms with Crippen LogP contribution in [0.5, 0.6) is 0 Å². The van der Waals surface area contributed by atoms with E-state index in [4.69, 9.17) is 0 Å². The van der Waals surface area contributed by atoms with Gasteiger partial charge in [0.05, 0.1) is 23.9 Å². The van der Waals surface area contributed by atoms with Crippen molar-refractivity contribution in [1.29, 1.82) is 0 Å². The van der Waals surface area contributed by atoms with E-state index in [0.29, 0.717) is 32.4 Å². The Kier molecular flexibility index (Phi) is 5.23. The fourth-order valence-corrected chi connectivity index (χ4v) is 8.47. The average Bonchev–Trinajstić information content (AvgIpc) is 3.21. The van der Waals surface area contributed by atoms with Crippen molar-refractivity contribution in [3.05, 3.63) is 11.6 Å². The quantitative estimate of drug-likeness (QED) is 0.540. The molecule has 6 heteroatoms. The van der Waals surface area contributed by atoms with Gasteiger partial charge in [-0.3, -0.25) is 9.69 Å². The van der Waals surface area contributed by atoms with E-state index >= 15 is 0 Å². The van der Waals surface area contributed by atoms with E-state index in [1.807, 2.05) is 0 Å². The molecule has 0 aromatic heterocycles. The predicted molar refractivity (Wildman–Crippen MR) is 116 cm³/mol. The Morgan fingerprint density at radius 1 is 1.06 bits per heavy atom. The lowest BCUT2D eigenvalue weighted by Gasteiger charge is -2.59. The molecule has 0 bridgehead atoms. The highest BCUT2D eigenvalue weighted by atomic mass is 16.3. The molecule has 4 fully saturated rings. The molecule has 4 aliphatic carbocycles. The number of likely N-dealkylation sites (tertiary alicyclic amines) is 1. The van der Waals surface area contributed by atoms with Crippen LogP contribution in [0.1, 0.15) is 65.2 Å². The van der Waals surface area contributed by atoms with Crippen LogP contribution >= 0.6 is 0 Å². The number of hydrogen-bond donors (Lipinski definition) is 4. The molecule has 5 rings (SSSR count). The second-order valence-electron chi connectivity index (χ2n) is 11.8. The molecule has 6 nitrogen and oxygen atoms in total. The van der Waals surface area contributed by atoms with Gasteiger partial charge >= 0.3 is 0 Å². The minimum Gasteiger partial charge on any atom is -0.393 e. The van der Waals surface area contributed by atoms with Gasteiger partial charge in [-0.05, 0) is 80.3 Å². The molecule has 4 N–H and O–H groups in total. The van der Waals surface area contributed by atoms with E-state index in [9.17, 15) is 25.2 Å². The van der Waals surface area contributed by atoms with Gasteiger partial charge in [-0.2, -0.15) is 0 Å². The minimum absolute atomic E-state index is 0.0327. The van der Waals surface area contributed by atoms with Crippen LogP contribution in [0.25, 0.3) is 0 Å². The van der Waals surface area contributed by atoms with Crippen LogP contribution in [0.15, 0.2) is 11.6 Å². The topological polar surface area (TPSA) is 101 Å². The van der Waals surface area contributed by atoms with Gasteiger partial charge in [-0.15, -0.1) is 0 Å². The second kappa shape index (κ2) is 7.36. The van der Waals surface area contributed by atoms with Crippen LogP contribution in [0.4, 0.5) is 0 Å². The highest BCUT2D eigenvalue weighted by Gasteiger charge is 2.66. The number of β-amino-alcohol motifs (C(OH)–C–C–N with tert-alkyl or cyclic N) is 2. The molecular formula is C25H39NO5. The summed E-state index contributed by atoms with van der Waals surface area (Å²) in [5, 5.41) is 43.6. The fraction of sp³-hybridized carbons (Fsp3) is 0.880. The molecule has 0 amide bonds. The summed E-state index contributed by atoms with van der Waals surface area (Å²) in [4.78, 5) is 15.3. The van der Waals surface area contributed by atoms with Crippen molar-refractivity contribution < 1.29 is 25.2 Å². The van der Waals surface area contributed by atoms with Crippen LogP contribution in [0.2, 0.25) is 0 Å². The highest BCUT2D eigenvalue weighted by molar-refractivity contribution is 5.95. The lowest BCUT2D eigenvalue weighted by atomic mass is 9.46. The van der Waals surface area contributed by atoms with E-state index in [-0.39, 0.29) is 41.2 Å². The maximum Gasteiger partial charge on any atom is 0.159 e. The number of fused-ring (bicyclic) bond motifs is 5. The van der Waals surface area contributed by atoms with E-state index in [1.165, 1.54) is 0 Å². The number of carbonyl (C=O) groups excluding carboxylic acids is 1. The van der Waals surface area contributed by atoms with Crippen molar-refractivity contribution in [3.63, 3.8) is 0 Å². The predicted octanol–water partition coefficient (Wildman–Crippen LogP) is 1.65. The van der Waals surface area contributed by atoms with Crippen LogP contribution in [0.3, 0.4) is 0 Å². The van der Waals surface area contributed by atoms with Crippen LogP contribution in [-0.4, -0.2) is 74.7 Å². The number of allylic oxidation sites excluding steroid dienone is 1. The molecule has 174 valence electrons. The maximum absolute atomic E-state index is 13.2. The third kappa shape index (κ3) is 3.12. The van der Waals surface area contributed by atoms with Gasteiger partial charge in [-0.1, -0.05) is 13.8 Å². The molecule has 3 saturated carbocycles. The number of ketones is 1. The molecule has 31 heavy (non-hydrogen) atoms. The molecule has 0 aromatic carbocycles. The van der Waals surface area contributed by atoms with Gasteiger partial charge in [0.1, 0.15) is 0 Å². The van der Waals surface area contributed by atoms with Gasteiger partial charge in [0.2, 0.25) is 0 Å². The Bertz CT molecular complexity index is 784. The molecule has 0 radical (unpaired) electrons. The Balaban J connectivity index is 1.43. The van der Waals surface area contributed by atoms with Crippen LogP contribution in [0, 0.1) is 28.6 Å². The summed E-state index contributed by atoms with van der Waals surface area (Å²) < 4.78 is 0. The molecule has 9 atom stereocenters. The normalized spacial score (nSPS) is 51.1. The zero-order valence-corrected chi connectivity index (χ0v) is 19.0. The molecular weight excluding hydrogens is 394 g/mol. The minimum atomic E-state index is -1.07. The summed E-state index contributed by atoms with van der Waals surface area (Å²) in [6.45, 7) is 6.20. The number of rotatable bonds is 3. The second-order valence-corrected chi connectivity index (χ2v) is 11.8. The standard InChI is InChI=1S/C25H39NO5/c1-23-12-15(27)3-4-18(23)21(29)11-20-17(23)5-8-24(2)19(6-9-25(20,24)31)22(30)14-26-10-7-16(28)13-26/h11,15-19,22,27-28,30-31H,3-10,12-14H2,1-2H3/t15?,16?,17?,18?,19?,22?,23?,24-,25-/m1/s1. The Morgan fingerprint density at radius 3 is 2.55 bits per heavy atom. The monoisotopic (exact) mass is 433 g/mol. The number of nitrogens with zero attached hydrogens (tertiary/aromatic N) is 1. The lowest BCUT2D eigenvalue weighted by Crippen LogP contribution is -2.60. The van der Waals surface area contributed by atoms with Crippen molar-refractivity contribution in [2.45, 2.75) is 89.1 Å². The SMILES string of the molecule is CC12CC(O)CCC1C(=O)C=C1C2CC[C@]2(C)C(C(O)CN3CCC(O)C3)CC[C@@]12O. The maximum atomic E-state index is 13.2. The third-order valence-corrected chi connectivity index (χ3v) is 10.2. The van der Waals surface area contributed by atoms with E-state index < -0.39 is 17.1 Å². The first-order valence-corrected chi connectivity index (χ1v) is 12.3. The number of hydrogen-bond acceptors (Lipinski definition) is 6. The Hall–Kier alpha value is -0.790. The first-order valence-electron chi connectivity index (χ1n) is 12.3. The number of aliphatic hydroxyl groups excluding tert-OH is 3. The largest absolute Gasteiger partial charge is 0.393 e. The zero-order chi connectivity index (χ0) is 22.2. The molecule has 1 aliphatic heterocycles. The summed E-state index contributed by atoms with van der Waals surface area (Å²) in [6, 6.07) is 0. The number of carbonyl (C=O) groups is 1. The summed E-state index contributed by atoms with van der Waals surface area (Å²) in [5.74, 6) is 0.151. The first kappa shape index (κ1) is 22.0. The molecule has 0 aromatic rings. The van der Waals surface area contributed by atoms with Crippen molar-refractivity contribution in [3.8, 4) is 0 Å². The third-order valence-electron chi connectivity index (χ3n) is 10.2. The van der Waals surface area contributed by atoms with E-state index in [0.717, 1.165) is 44.2 Å². The van der Waals surface area contributed by atoms with Gasteiger partial charge < -0.3 is 20.4 Å². The van der Waals surface area contributed by atoms with Gasteiger partial charge in [-0.25, -0.2) is 0 Å². The summed E-state index contributed by atoms with van der Waals surface area (Å²) in [5.41, 5.74) is -0.953. The smallest absolute Gasteiger partial charge is 0.159 e. The van der Waals surface area contributed by atoms with Crippen LogP contribution < -0.4 is 0 Å². The Morgan fingerprint density at radius 2 is 1.84 bits per heavy atom. The summed E-state index contributed by atoms with van der Waals surface area (Å²) in [7, 11) is 0. The van der Waals surface area contributed by atoms with Crippen LogP contribution in [-0.2, 0) is 4.79 Å². The van der Waals surface area contributed by atoms with Gasteiger partial charge in [0.15, 0.2) is 5.78 Å². The van der Waals surface area contributed by atoms with Gasteiger partial charge in [0, 0.05) is 31.0 Å². The lowest BCUT2D eigenvalue weighted by molar-refractivity contribution is -0.143. The molecule has 1 heterocycles. The molecule has 1 saturated heterocycles. The molecule has 0 spiro atoms. The molecule has 7 unspecified atom stereocenters. The fourth-order valence-electron chi connectivity index (χ4n) is 8.47. The van der Waals surface area contributed by atoms with Crippen molar-refractivity contribution in [2.75, 3.05) is 19.6 Å². The number of aliphatic hydroxyl groups is 4. The Labute approximate surface area is 185 Å². The first-order chi connectivity index (χ1) is 14.6. The van der Waals surface area contributed by atoms with Gasteiger partial charge in [0.25, 0.3) is 0 Å². The summed E-state index contributed by atoms with van der Waals surface area (Å²) in [6.07, 6.45) is 6.35. The van der Waals surface area contributed by atoms with Crippen molar-refractivity contribution in [1.82, 2.24) is 4.90 Å². The average molecular weight is 434 g/mol. The summed E-state index contributed by atoms with van der Waals surface area (Å²) >= 11 is 0. The van der Waals surface area contributed by atoms with Crippen molar-refractivity contribution >= 4 is 5.78 Å². The molecule has 5 aliphatic rings. The van der Waals surface area contributed by atoms with E-state index in [2.05, 4.69) is 18.7 Å².